The van der Waals surface area contributed by atoms with Gasteiger partial charge in [-0.1, -0.05) is 24.3 Å². The number of Topliss-reactive ketones (excluding diaryl/α,β-unsaturated/α-hetero) is 1. The third-order valence-electron chi connectivity index (χ3n) is 11.4. The number of aromatic hydroxyl groups is 2. The topological polar surface area (TPSA) is 298 Å². The van der Waals surface area contributed by atoms with Crippen LogP contribution in [0.15, 0.2) is 94.3 Å². The number of nitrogens with two attached hydrogens (primary N) is 1. The summed E-state index contributed by atoms with van der Waals surface area (Å²) in [5, 5.41) is 69.6. The Bertz CT molecular complexity index is 2430. The zero-order valence-corrected chi connectivity index (χ0v) is 32.6. The molecule has 2 aromatic heterocycles. The van der Waals surface area contributed by atoms with Crippen LogP contribution in [0.4, 0.5) is 22.2 Å². The number of amidine groups is 1. The van der Waals surface area contributed by atoms with E-state index in [1.807, 2.05) is 29.2 Å². The zero-order chi connectivity index (χ0) is 42.8. The lowest BCUT2D eigenvalue weighted by Crippen LogP contribution is -2.40. The van der Waals surface area contributed by atoms with Crippen molar-refractivity contribution in [3.05, 3.63) is 95.8 Å². The molecule has 4 heterocycles. The number of primary amides is 1. The zero-order valence-electron chi connectivity index (χ0n) is 32.6. The Kier molecular flexibility index (Phi) is 11.5. The van der Waals surface area contributed by atoms with Gasteiger partial charge >= 0.3 is 6.03 Å². The number of amides is 3. The van der Waals surface area contributed by atoms with Crippen molar-refractivity contribution in [2.75, 3.05) is 48.3 Å². The number of aliphatic hydroxyl groups excluding tert-OH is 3. The van der Waals surface area contributed by atoms with Gasteiger partial charge in [-0.3, -0.25) is 14.6 Å². The maximum atomic E-state index is 13.0. The van der Waals surface area contributed by atoms with Gasteiger partial charge in [0.1, 0.15) is 24.2 Å². The van der Waals surface area contributed by atoms with Gasteiger partial charge in [-0.2, -0.15) is 15.1 Å². The molecular weight excluding hydrogens is 789 g/mol. The van der Waals surface area contributed by atoms with E-state index in [9.17, 15) is 39.9 Å². The van der Waals surface area contributed by atoms with Gasteiger partial charge in [0.2, 0.25) is 11.7 Å². The number of rotatable bonds is 13. The molecule has 1 saturated carbocycles. The second kappa shape index (κ2) is 17.3. The van der Waals surface area contributed by atoms with Crippen molar-refractivity contribution in [3.8, 4) is 11.5 Å². The molecule has 8 rings (SSSR count). The number of hydrogen-bond acceptors (Lipinski definition) is 16. The summed E-state index contributed by atoms with van der Waals surface area (Å²) in [6.45, 7) is 0.998. The van der Waals surface area contributed by atoms with Gasteiger partial charge in [-0.15, -0.1) is 5.11 Å². The first-order valence-electron chi connectivity index (χ1n) is 19.7. The smallest absolute Gasteiger partial charge is 0.319 e. The van der Waals surface area contributed by atoms with Gasteiger partial charge in [-0.25, -0.2) is 9.78 Å². The standard InChI is InChI=1S/C41H44N12O8/c42-37(60)34(57)23-1-7-24(8-2-23)46-41(61)47-25-13-14-52(18-25)40-48-38(44-16-29(21-3-9-26(55)10-4-21)22-5-11-27(56)12-6-22)33-39(49-40)53(20-45-33)31-15-28(35(58)36(31)59)30-17-43-32(19-54)51-50-30/h1-12,20,25,28-31,35-36,54-56,58-59H,13-19H2,(H2,42,60)(H,44,48,49)(H2,46,47,61)/t25-,28?,30+,31-,35-,36+/m1/s1. The first kappa shape index (κ1) is 40.7. The SMILES string of the molecule is NC(=O)C(=O)c1ccc(NC(=O)N[C@@H]2CCN(c3nc(NCC(c4ccc(O)cc4)c4ccc(O)cc4)c4ncn([C@@H]5CC([C@@H]6CN=C(CO)N=N6)[C@@H](O)[C@H]5O)c4n3)C2)cc1. The Labute approximate surface area is 347 Å². The van der Waals surface area contributed by atoms with E-state index in [0.29, 0.717) is 61.1 Å². The van der Waals surface area contributed by atoms with Crippen LogP contribution >= 0.6 is 0 Å². The molecule has 0 spiro atoms. The van der Waals surface area contributed by atoms with Gasteiger partial charge in [0.05, 0.1) is 31.1 Å². The number of carbonyl (C=O) groups excluding carboxylic acids is 3. The number of phenolic OH excluding ortho intramolecular Hbond substituents is 2. The van der Waals surface area contributed by atoms with E-state index in [2.05, 4.69) is 31.2 Å². The Morgan fingerprint density at radius 3 is 2.21 bits per heavy atom. The van der Waals surface area contributed by atoms with Crippen molar-refractivity contribution < 1.29 is 39.9 Å². The van der Waals surface area contributed by atoms with Crippen molar-refractivity contribution in [1.29, 1.82) is 0 Å². The van der Waals surface area contributed by atoms with Crippen LogP contribution < -0.4 is 26.6 Å². The van der Waals surface area contributed by atoms with Gasteiger partial charge < -0.3 is 56.7 Å². The number of aliphatic imine (C=N–C) groups is 1. The number of aliphatic hydroxyl groups is 3. The van der Waals surface area contributed by atoms with Crippen LogP contribution in [0.2, 0.25) is 0 Å². The number of nitrogens with one attached hydrogen (secondary N) is 3. The number of ketones is 1. The molecule has 20 nitrogen and oxygen atoms in total. The highest BCUT2D eigenvalue weighted by atomic mass is 16.3. The lowest BCUT2D eigenvalue weighted by atomic mass is 9.91. The first-order chi connectivity index (χ1) is 29.4. The summed E-state index contributed by atoms with van der Waals surface area (Å²) >= 11 is 0. The molecule has 20 heteroatoms. The van der Waals surface area contributed by atoms with E-state index in [0.717, 1.165) is 11.1 Å². The maximum absolute atomic E-state index is 13.0. The normalized spacial score (nSPS) is 22.4. The molecule has 1 aliphatic carbocycles. The molecule has 3 aromatic carbocycles. The summed E-state index contributed by atoms with van der Waals surface area (Å²) in [6, 6.07) is 17.6. The number of phenols is 2. The van der Waals surface area contributed by atoms with Crippen molar-refractivity contribution in [2.45, 2.75) is 49.1 Å². The van der Waals surface area contributed by atoms with E-state index in [4.69, 9.17) is 20.7 Å². The number of nitrogens with zero attached hydrogens (tertiary/aromatic N) is 8. The van der Waals surface area contributed by atoms with E-state index in [1.165, 1.54) is 24.3 Å². The highest BCUT2D eigenvalue weighted by Gasteiger charge is 2.47. The van der Waals surface area contributed by atoms with Crippen LogP contribution in [0.25, 0.3) is 11.2 Å². The van der Waals surface area contributed by atoms with Gasteiger partial charge in [0, 0.05) is 48.8 Å². The monoisotopic (exact) mass is 832 g/mol. The predicted octanol–water partition coefficient (Wildman–Crippen LogP) is 2.06. The molecular formula is C41H44N12O8. The average molecular weight is 833 g/mol. The fourth-order valence-corrected chi connectivity index (χ4v) is 8.12. The number of fused-ring (bicyclic) bond motifs is 1. The van der Waals surface area contributed by atoms with Gasteiger partial charge in [-0.05, 0) is 72.5 Å². The Hall–Kier alpha value is -7.03. The molecule has 61 heavy (non-hydrogen) atoms. The van der Waals surface area contributed by atoms with E-state index >= 15 is 0 Å². The summed E-state index contributed by atoms with van der Waals surface area (Å²) < 4.78 is 1.74. The molecule has 6 atom stereocenters. The summed E-state index contributed by atoms with van der Waals surface area (Å²) in [4.78, 5) is 57.0. The first-order valence-corrected chi connectivity index (χ1v) is 19.7. The number of urea groups is 1. The van der Waals surface area contributed by atoms with Crippen LogP contribution in [0.1, 0.15) is 46.3 Å². The van der Waals surface area contributed by atoms with E-state index in [-0.39, 0.29) is 48.0 Å². The third-order valence-corrected chi connectivity index (χ3v) is 11.4. The number of aromatic nitrogens is 4. The van der Waals surface area contributed by atoms with Crippen molar-refractivity contribution in [1.82, 2.24) is 24.8 Å². The predicted molar refractivity (Wildman–Crippen MR) is 222 cm³/mol. The lowest BCUT2D eigenvalue weighted by molar-refractivity contribution is -0.114. The minimum absolute atomic E-state index is 0.106. The lowest BCUT2D eigenvalue weighted by Gasteiger charge is -2.22. The Morgan fingerprint density at radius 2 is 1.59 bits per heavy atom. The second-order valence-corrected chi connectivity index (χ2v) is 15.3. The second-order valence-electron chi connectivity index (χ2n) is 15.3. The largest absolute Gasteiger partial charge is 0.508 e. The molecule has 1 unspecified atom stereocenters. The van der Waals surface area contributed by atoms with E-state index in [1.54, 1.807) is 35.2 Å². The highest BCUT2D eigenvalue weighted by Crippen LogP contribution is 2.41. The van der Waals surface area contributed by atoms with Gasteiger partial charge in [0.15, 0.2) is 22.8 Å². The van der Waals surface area contributed by atoms with Crippen molar-refractivity contribution in [3.63, 3.8) is 0 Å². The van der Waals surface area contributed by atoms with Crippen LogP contribution in [-0.4, -0.2) is 126 Å². The van der Waals surface area contributed by atoms with Gasteiger partial charge in [0.25, 0.3) is 5.91 Å². The molecule has 0 bridgehead atoms. The minimum atomic E-state index is -1.21. The van der Waals surface area contributed by atoms with E-state index < -0.39 is 47.9 Å². The molecule has 3 amide bonds. The summed E-state index contributed by atoms with van der Waals surface area (Å²) in [6.07, 6.45) is 0.0665. The molecule has 5 aromatic rings. The number of azo groups is 1. The third kappa shape index (κ3) is 8.67. The maximum Gasteiger partial charge on any atom is 0.319 e. The van der Waals surface area contributed by atoms with Crippen LogP contribution in [0.3, 0.4) is 0 Å². The Balaban J connectivity index is 1.06. The fourth-order valence-electron chi connectivity index (χ4n) is 8.12. The highest BCUT2D eigenvalue weighted by molar-refractivity contribution is 6.42. The van der Waals surface area contributed by atoms with Crippen LogP contribution in [0.5, 0.6) is 11.5 Å². The van der Waals surface area contributed by atoms with Crippen LogP contribution in [-0.2, 0) is 4.79 Å². The number of anilines is 3. The number of carbonyl (C=O) groups is 3. The van der Waals surface area contributed by atoms with Crippen molar-refractivity contribution >= 4 is 52.2 Å². The summed E-state index contributed by atoms with van der Waals surface area (Å²) in [7, 11) is 0. The Morgan fingerprint density at radius 1 is 0.902 bits per heavy atom. The molecule has 0 radical (unpaired) electrons. The molecule has 2 fully saturated rings. The summed E-state index contributed by atoms with van der Waals surface area (Å²) in [5.74, 6) is -1.50. The number of benzene rings is 3. The number of hydrogen-bond donors (Lipinski definition) is 9. The fraction of sp³-hybridized carbons (Fsp3) is 0.341. The average Bonchev–Trinajstić information content (AvgIpc) is 3.99. The molecule has 10 N–H and O–H groups in total. The van der Waals surface area contributed by atoms with Crippen molar-refractivity contribution in [2.24, 2.45) is 26.9 Å². The minimum Gasteiger partial charge on any atom is -0.508 e. The molecule has 2 aliphatic heterocycles. The summed E-state index contributed by atoms with van der Waals surface area (Å²) in [5.41, 5.74) is 8.18. The molecule has 316 valence electrons. The number of imidazole rings is 1. The van der Waals surface area contributed by atoms with Crippen LogP contribution in [0, 0.1) is 5.92 Å². The quantitative estimate of drug-likeness (QED) is 0.0607. The molecule has 3 aliphatic rings. The molecule has 1 saturated heterocycles.